The van der Waals surface area contributed by atoms with Crippen molar-refractivity contribution in [2.75, 3.05) is 6.54 Å². The topological polar surface area (TPSA) is 131 Å². The van der Waals surface area contributed by atoms with Crippen LogP contribution in [0.2, 0.25) is 0 Å². The molecule has 9 nitrogen and oxygen atoms in total. The quantitative estimate of drug-likeness (QED) is 0.451. The molecule has 36 heavy (non-hydrogen) atoms. The average molecular weight is 503 g/mol. The van der Waals surface area contributed by atoms with Crippen molar-refractivity contribution in [3.8, 4) is 0 Å². The molecule has 200 valence electrons. The number of primary amides is 1. The Morgan fingerprint density at radius 1 is 1.08 bits per heavy atom. The van der Waals surface area contributed by atoms with Crippen LogP contribution in [0.4, 0.5) is 4.79 Å². The highest BCUT2D eigenvalue weighted by Crippen LogP contribution is 2.26. The molecule has 2 unspecified atom stereocenters. The monoisotopic (exact) mass is 502 g/mol. The molecule has 0 saturated heterocycles. The fourth-order valence-corrected chi connectivity index (χ4v) is 4.41. The number of nitrogens with one attached hydrogen (secondary N) is 2. The second-order valence-electron chi connectivity index (χ2n) is 10.6. The average Bonchev–Trinajstić information content (AvgIpc) is 2.78. The Kier molecular flexibility index (Phi) is 10.7. The van der Waals surface area contributed by atoms with Gasteiger partial charge in [0.05, 0.1) is 6.42 Å². The highest BCUT2D eigenvalue weighted by atomic mass is 16.6. The van der Waals surface area contributed by atoms with Crippen LogP contribution in [0.3, 0.4) is 0 Å². The SMILES string of the molecule is CCCN(C(=O)C(CC(N)=O)NC(=O)OC(C)(C)C)C(C(=O)NC1CCCCC1)c1ccc(C)cc1. The van der Waals surface area contributed by atoms with Gasteiger partial charge in [0.15, 0.2) is 0 Å². The molecule has 0 aromatic heterocycles. The van der Waals surface area contributed by atoms with Crippen LogP contribution in [0.1, 0.15) is 89.8 Å². The summed E-state index contributed by atoms with van der Waals surface area (Å²) >= 11 is 0. The number of alkyl carbamates (subject to hydrolysis) is 1. The summed E-state index contributed by atoms with van der Waals surface area (Å²) in [5.74, 6) is -1.59. The van der Waals surface area contributed by atoms with Crippen molar-refractivity contribution in [3.63, 3.8) is 0 Å². The summed E-state index contributed by atoms with van der Waals surface area (Å²) in [5, 5.41) is 5.64. The Hall–Kier alpha value is -3.10. The predicted molar refractivity (Wildman–Crippen MR) is 138 cm³/mol. The van der Waals surface area contributed by atoms with Crippen molar-refractivity contribution in [1.29, 1.82) is 0 Å². The standard InChI is InChI=1S/C27H42N4O5/c1-6-16-31(25(34)21(17-22(28)32)30-26(35)36-27(3,4)5)23(19-14-12-18(2)13-15-19)24(33)29-20-10-8-7-9-11-20/h12-15,20-21,23H,6-11,16-17H2,1-5H3,(H2,28,32)(H,29,33)(H,30,35). The van der Waals surface area contributed by atoms with Crippen LogP contribution in [0.25, 0.3) is 0 Å². The molecule has 4 N–H and O–H groups in total. The van der Waals surface area contributed by atoms with E-state index in [1.54, 1.807) is 20.8 Å². The number of benzene rings is 1. The number of carbonyl (C=O) groups excluding carboxylic acids is 4. The molecular weight excluding hydrogens is 460 g/mol. The lowest BCUT2D eigenvalue weighted by molar-refractivity contribution is -0.143. The summed E-state index contributed by atoms with van der Waals surface area (Å²) in [5.41, 5.74) is 6.30. The van der Waals surface area contributed by atoms with Crippen LogP contribution >= 0.6 is 0 Å². The molecule has 1 fully saturated rings. The van der Waals surface area contributed by atoms with Gasteiger partial charge < -0.3 is 26.0 Å². The number of hydrogen-bond donors (Lipinski definition) is 3. The van der Waals surface area contributed by atoms with Crippen molar-refractivity contribution in [2.45, 2.75) is 103 Å². The normalized spacial score (nSPS) is 15.9. The number of rotatable bonds is 10. The van der Waals surface area contributed by atoms with Gasteiger partial charge in [0.2, 0.25) is 17.7 Å². The number of aryl methyl sites for hydroxylation is 1. The number of hydrogen-bond acceptors (Lipinski definition) is 5. The molecule has 0 aliphatic heterocycles. The smallest absolute Gasteiger partial charge is 0.408 e. The summed E-state index contributed by atoms with van der Waals surface area (Å²) in [7, 11) is 0. The van der Waals surface area contributed by atoms with Crippen molar-refractivity contribution in [2.24, 2.45) is 5.73 Å². The summed E-state index contributed by atoms with van der Waals surface area (Å²) in [6, 6.07) is 5.32. The fraction of sp³-hybridized carbons (Fsp3) is 0.630. The van der Waals surface area contributed by atoms with Crippen molar-refractivity contribution < 1.29 is 23.9 Å². The molecule has 0 radical (unpaired) electrons. The molecule has 1 aromatic carbocycles. The third kappa shape index (κ3) is 9.17. The number of carbonyl (C=O) groups is 4. The molecule has 1 aliphatic rings. The maximum atomic E-state index is 13.8. The first-order valence-electron chi connectivity index (χ1n) is 12.9. The van der Waals surface area contributed by atoms with E-state index in [1.165, 1.54) is 4.90 Å². The van der Waals surface area contributed by atoms with Gasteiger partial charge in [-0.1, -0.05) is 56.0 Å². The molecule has 1 saturated carbocycles. The predicted octanol–water partition coefficient (Wildman–Crippen LogP) is 3.49. The number of nitrogens with two attached hydrogens (primary N) is 1. The van der Waals surface area contributed by atoms with Gasteiger partial charge in [-0.25, -0.2) is 4.79 Å². The zero-order valence-corrected chi connectivity index (χ0v) is 22.3. The van der Waals surface area contributed by atoms with Crippen LogP contribution in [-0.2, 0) is 19.1 Å². The number of amides is 4. The molecule has 9 heteroatoms. The lowest BCUT2D eigenvalue weighted by Gasteiger charge is -2.35. The van der Waals surface area contributed by atoms with Gasteiger partial charge in [-0.2, -0.15) is 0 Å². The Morgan fingerprint density at radius 3 is 2.22 bits per heavy atom. The minimum Gasteiger partial charge on any atom is -0.444 e. The highest BCUT2D eigenvalue weighted by molar-refractivity contribution is 5.94. The van der Waals surface area contributed by atoms with E-state index >= 15 is 0 Å². The first-order valence-corrected chi connectivity index (χ1v) is 12.9. The second-order valence-corrected chi connectivity index (χ2v) is 10.6. The zero-order chi connectivity index (χ0) is 26.9. The Labute approximate surface area is 214 Å². The van der Waals surface area contributed by atoms with Crippen LogP contribution < -0.4 is 16.4 Å². The Morgan fingerprint density at radius 2 is 1.69 bits per heavy atom. The van der Waals surface area contributed by atoms with Gasteiger partial charge in [0.25, 0.3) is 0 Å². The summed E-state index contributed by atoms with van der Waals surface area (Å²) in [4.78, 5) is 53.2. The van der Waals surface area contributed by atoms with E-state index < -0.39 is 42.0 Å². The van der Waals surface area contributed by atoms with E-state index in [4.69, 9.17) is 10.5 Å². The van der Waals surface area contributed by atoms with Gasteiger partial charge in [-0.05, 0) is 52.5 Å². The van der Waals surface area contributed by atoms with Crippen molar-refractivity contribution >= 4 is 23.8 Å². The minimum absolute atomic E-state index is 0.0547. The van der Waals surface area contributed by atoms with E-state index in [-0.39, 0.29) is 18.5 Å². The van der Waals surface area contributed by atoms with E-state index in [1.807, 2.05) is 38.1 Å². The molecule has 1 aliphatic carbocycles. The Balaban J connectivity index is 2.41. The van der Waals surface area contributed by atoms with Gasteiger partial charge >= 0.3 is 6.09 Å². The largest absolute Gasteiger partial charge is 0.444 e. The van der Waals surface area contributed by atoms with E-state index in [0.29, 0.717) is 12.0 Å². The van der Waals surface area contributed by atoms with Crippen LogP contribution in [0.15, 0.2) is 24.3 Å². The zero-order valence-electron chi connectivity index (χ0n) is 22.3. The van der Waals surface area contributed by atoms with Gasteiger partial charge in [-0.3, -0.25) is 14.4 Å². The highest BCUT2D eigenvalue weighted by Gasteiger charge is 2.37. The fourth-order valence-electron chi connectivity index (χ4n) is 4.41. The molecule has 0 spiro atoms. The molecule has 1 aromatic rings. The number of nitrogens with zero attached hydrogens (tertiary/aromatic N) is 1. The first kappa shape index (κ1) is 29.1. The third-order valence-electron chi connectivity index (χ3n) is 6.05. The van der Waals surface area contributed by atoms with Gasteiger partial charge in [0, 0.05) is 12.6 Å². The minimum atomic E-state index is -1.26. The lowest BCUT2D eigenvalue weighted by atomic mass is 9.94. The van der Waals surface area contributed by atoms with Crippen LogP contribution in [-0.4, -0.2) is 52.9 Å². The molecule has 2 rings (SSSR count). The van der Waals surface area contributed by atoms with Gasteiger partial charge in [-0.15, -0.1) is 0 Å². The van der Waals surface area contributed by atoms with E-state index in [9.17, 15) is 19.2 Å². The molecular formula is C27H42N4O5. The Bertz CT molecular complexity index is 904. The maximum Gasteiger partial charge on any atom is 0.408 e. The van der Waals surface area contributed by atoms with Crippen molar-refractivity contribution in [1.82, 2.24) is 15.5 Å². The summed E-state index contributed by atoms with van der Waals surface area (Å²) < 4.78 is 5.29. The van der Waals surface area contributed by atoms with Crippen LogP contribution in [0, 0.1) is 6.92 Å². The van der Waals surface area contributed by atoms with E-state index in [0.717, 1.165) is 37.7 Å². The maximum absolute atomic E-state index is 13.8. The second kappa shape index (κ2) is 13.3. The molecule has 0 heterocycles. The molecule has 2 atom stereocenters. The van der Waals surface area contributed by atoms with Crippen molar-refractivity contribution in [3.05, 3.63) is 35.4 Å². The lowest BCUT2D eigenvalue weighted by Crippen LogP contribution is -2.54. The molecule has 4 amide bonds. The third-order valence-corrected chi connectivity index (χ3v) is 6.05. The van der Waals surface area contributed by atoms with E-state index in [2.05, 4.69) is 10.6 Å². The summed E-state index contributed by atoms with van der Waals surface area (Å²) in [6.07, 6.45) is 4.38. The molecule has 0 bridgehead atoms. The first-order chi connectivity index (χ1) is 16.9. The summed E-state index contributed by atoms with van der Waals surface area (Å²) in [6.45, 7) is 9.19. The van der Waals surface area contributed by atoms with Gasteiger partial charge in [0.1, 0.15) is 17.7 Å². The van der Waals surface area contributed by atoms with Crippen LogP contribution in [0.5, 0.6) is 0 Å². The number of ether oxygens (including phenoxy) is 1.